The summed E-state index contributed by atoms with van der Waals surface area (Å²) in [7, 11) is 0. The molecule has 18 heavy (non-hydrogen) atoms. The maximum atomic E-state index is 10.4. The van der Waals surface area contributed by atoms with Crippen LogP contribution in [0.15, 0.2) is 60.7 Å². The first-order chi connectivity index (χ1) is 8.83. The maximum absolute atomic E-state index is 10.4. The van der Waals surface area contributed by atoms with Crippen molar-refractivity contribution in [1.29, 1.82) is 0 Å². The third kappa shape index (κ3) is 3.66. The molecule has 0 saturated heterocycles. The number of aliphatic hydroxyl groups excluding tert-OH is 1. The van der Waals surface area contributed by atoms with Crippen molar-refractivity contribution in [2.45, 2.75) is 16.0 Å². The average Bonchev–Trinajstić information content (AvgIpc) is 2.42. The van der Waals surface area contributed by atoms with Gasteiger partial charge in [-0.2, -0.15) is 0 Å². The summed E-state index contributed by atoms with van der Waals surface area (Å²) in [6, 6.07) is 20.6. The summed E-state index contributed by atoms with van der Waals surface area (Å²) in [6.07, 6.45) is -0.268. The van der Waals surface area contributed by atoms with E-state index >= 15 is 0 Å². The zero-order valence-electron chi connectivity index (χ0n) is 10.2. The van der Waals surface area contributed by atoms with Gasteiger partial charge in [0.05, 0.1) is 0 Å². The zero-order chi connectivity index (χ0) is 12.8. The van der Waals surface area contributed by atoms with Crippen LogP contribution in [0.3, 0.4) is 0 Å². The molecule has 0 bridgehead atoms. The molecule has 1 unspecified atom stereocenters. The summed E-state index contributed by atoms with van der Waals surface area (Å²) in [4.78, 5) is 0. The van der Waals surface area contributed by atoms with Crippen LogP contribution in [-0.2, 0) is 22.1 Å². The van der Waals surface area contributed by atoms with Gasteiger partial charge in [-0.25, -0.2) is 0 Å². The molecule has 0 spiro atoms. The molecule has 1 atom stereocenters. The predicted molar refractivity (Wildman–Crippen MR) is 74.5 cm³/mol. The monoisotopic (exact) mass is 492 g/mol. The van der Waals surface area contributed by atoms with Gasteiger partial charge in [-0.1, -0.05) is 0 Å². The van der Waals surface area contributed by atoms with Gasteiger partial charge in [0, 0.05) is 0 Å². The van der Waals surface area contributed by atoms with E-state index in [1.54, 1.807) is 0 Å². The van der Waals surface area contributed by atoms with E-state index in [0.717, 1.165) is 3.93 Å². The van der Waals surface area contributed by atoms with Crippen molar-refractivity contribution < 1.29 is 27.3 Å². The van der Waals surface area contributed by atoms with E-state index in [9.17, 15) is 5.11 Å². The Morgan fingerprint density at radius 1 is 0.889 bits per heavy atom. The molecule has 0 aliphatic heterocycles. The first-order valence-corrected chi connectivity index (χ1v) is 22.0. The zero-order valence-corrected chi connectivity index (χ0v) is 17.3. The fourth-order valence-corrected chi connectivity index (χ4v) is 8.52. The molecule has 3 heteroatoms. The van der Waals surface area contributed by atoms with Gasteiger partial charge in [0.2, 0.25) is 0 Å². The number of halogens is 1. The van der Waals surface area contributed by atoms with E-state index in [2.05, 4.69) is 36.2 Å². The van der Waals surface area contributed by atoms with Gasteiger partial charge in [0.25, 0.3) is 0 Å². The van der Waals surface area contributed by atoms with Gasteiger partial charge in [-0.3, -0.25) is 0 Å². The standard InChI is InChI=1S/C15H15O.BrH.Hg/c1-12(16)15(13-8-4-2-5-9-13)14-10-6-3-7-11-14;;/h2-12,15-16H,1H2;1H;/q;;+1/p-1. The molecule has 90 valence electrons. The molecule has 0 heterocycles. The summed E-state index contributed by atoms with van der Waals surface area (Å²) < 4.78 is 0.967. The quantitative estimate of drug-likeness (QED) is 0.627. The third-order valence-electron chi connectivity index (χ3n) is 3.11. The van der Waals surface area contributed by atoms with E-state index in [0.29, 0.717) is 0 Å². The number of aliphatic hydroxyl groups is 1. The Balaban J connectivity index is 2.35. The second-order valence-electron chi connectivity index (χ2n) is 4.34. The van der Waals surface area contributed by atoms with Gasteiger partial charge in [0.15, 0.2) is 0 Å². The number of hydrogen-bond donors (Lipinski definition) is 1. The minimum absolute atomic E-state index is 0.102. The second kappa shape index (κ2) is 7.42. The van der Waals surface area contributed by atoms with Crippen LogP contribution in [-0.4, -0.2) is 11.2 Å². The fraction of sp³-hybridized carbons (Fsp3) is 0.200. The third-order valence-corrected chi connectivity index (χ3v) is 10.3. The van der Waals surface area contributed by atoms with E-state index in [-0.39, 0.29) is 12.0 Å². The Bertz CT molecular complexity index is 421. The summed E-state index contributed by atoms with van der Waals surface area (Å²) in [5.41, 5.74) is 2.40. The van der Waals surface area contributed by atoms with Gasteiger partial charge in [-0.15, -0.1) is 0 Å². The summed E-state index contributed by atoms with van der Waals surface area (Å²) in [5, 5.41) is 10.4. The molecule has 0 radical (unpaired) electrons. The van der Waals surface area contributed by atoms with Crippen molar-refractivity contribution in [1.82, 2.24) is 0 Å². The molecule has 0 fully saturated rings. The predicted octanol–water partition coefficient (Wildman–Crippen LogP) is 3.99. The molecule has 0 aliphatic carbocycles. The van der Waals surface area contributed by atoms with E-state index in [1.165, 1.54) is 11.1 Å². The van der Waals surface area contributed by atoms with Crippen LogP contribution in [0.1, 0.15) is 17.0 Å². The molecule has 0 aliphatic rings. The minimum atomic E-state index is -1.00. The molecular formula is C15H15BrHgO. The first kappa shape index (κ1) is 14.2. The molecule has 1 nitrogen and oxygen atoms in total. The summed E-state index contributed by atoms with van der Waals surface area (Å²) in [6.45, 7) is 0. The van der Waals surface area contributed by atoms with E-state index in [1.807, 2.05) is 36.4 Å². The Morgan fingerprint density at radius 2 is 1.33 bits per heavy atom. The molecule has 0 amide bonds. The van der Waals surface area contributed by atoms with Crippen molar-refractivity contribution in [3.63, 3.8) is 0 Å². The van der Waals surface area contributed by atoms with Crippen molar-refractivity contribution in [3.8, 4) is 0 Å². The van der Waals surface area contributed by atoms with Crippen molar-refractivity contribution in [3.05, 3.63) is 71.8 Å². The summed E-state index contributed by atoms with van der Waals surface area (Å²) >= 11 is 2.62. The molecule has 1 N–H and O–H groups in total. The van der Waals surface area contributed by atoms with Crippen LogP contribution in [0.25, 0.3) is 0 Å². The summed E-state index contributed by atoms with van der Waals surface area (Å²) in [5.74, 6) is 0.102. The van der Waals surface area contributed by atoms with Crippen molar-refractivity contribution >= 4 is 11.9 Å². The van der Waals surface area contributed by atoms with E-state index < -0.39 is 22.1 Å². The van der Waals surface area contributed by atoms with Crippen LogP contribution < -0.4 is 0 Å². The van der Waals surface area contributed by atoms with Gasteiger partial charge in [0.1, 0.15) is 0 Å². The molecule has 0 saturated carbocycles. The molecular weight excluding hydrogens is 477 g/mol. The molecule has 0 aromatic heterocycles. The van der Waals surface area contributed by atoms with Gasteiger partial charge in [-0.05, 0) is 0 Å². The molecule has 2 rings (SSSR count). The van der Waals surface area contributed by atoms with Crippen LogP contribution in [0, 0.1) is 0 Å². The second-order valence-corrected chi connectivity index (χ2v) is 15.0. The van der Waals surface area contributed by atoms with Crippen LogP contribution >= 0.6 is 11.9 Å². The Labute approximate surface area is 126 Å². The van der Waals surface area contributed by atoms with Crippen molar-refractivity contribution in [2.75, 3.05) is 0 Å². The molecule has 2 aromatic carbocycles. The van der Waals surface area contributed by atoms with Crippen molar-refractivity contribution in [2.24, 2.45) is 0 Å². The SMILES string of the molecule is OC([CH2][Hg][Br])C(c1ccccc1)c1ccccc1. The normalized spacial score (nSPS) is 12.2. The average molecular weight is 492 g/mol. The Morgan fingerprint density at radius 3 is 1.72 bits per heavy atom. The van der Waals surface area contributed by atoms with Gasteiger partial charge >= 0.3 is 127 Å². The first-order valence-electron chi connectivity index (χ1n) is 6.17. The fourth-order valence-electron chi connectivity index (χ4n) is 2.24. The van der Waals surface area contributed by atoms with Gasteiger partial charge < -0.3 is 0 Å². The van der Waals surface area contributed by atoms with Crippen LogP contribution in [0.2, 0.25) is 3.93 Å². The number of benzene rings is 2. The Hall–Kier alpha value is -0.185. The topological polar surface area (TPSA) is 20.2 Å². The number of rotatable bonds is 5. The Kier molecular flexibility index (Phi) is 5.86. The van der Waals surface area contributed by atoms with Crippen LogP contribution in [0.5, 0.6) is 0 Å². The molecule has 2 aromatic rings. The van der Waals surface area contributed by atoms with E-state index in [4.69, 9.17) is 0 Å². The number of hydrogen-bond acceptors (Lipinski definition) is 1. The van der Waals surface area contributed by atoms with Crippen LogP contribution in [0.4, 0.5) is 0 Å².